The molecule has 0 aliphatic carbocycles. The molecule has 0 aliphatic heterocycles. The topological polar surface area (TPSA) is 39.9 Å². The molecule has 90 valence electrons. The van der Waals surface area contributed by atoms with Crippen molar-refractivity contribution in [3.8, 4) is 5.75 Å². The zero-order chi connectivity index (χ0) is 12.1. The SMILES string of the molecule is Cc1ccc(OCCn2cc(CBr)nn2)cc1. The highest BCUT2D eigenvalue weighted by atomic mass is 79.9. The maximum atomic E-state index is 5.61. The Labute approximate surface area is 109 Å². The molecule has 2 rings (SSSR count). The van der Waals surface area contributed by atoms with Crippen molar-refractivity contribution >= 4 is 15.9 Å². The molecule has 1 aromatic heterocycles. The highest BCUT2D eigenvalue weighted by Crippen LogP contribution is 2.11. The minimum absolute atomic E-state index is 0.591. The van der Waals surface area contributed by atoms with Crippen LogP contribution in [0, 0.1) is 6.92 Å². The Kier molecular flexibility index (Phi) is 4.14. The molecule has 0 atom stereocenters. The van der Waals surface area contributed by atoms with Gasteiger partial charge >= 0.3 is 0 Å². The standard InChI is InChI=1S/C12H14BrN3O/c1-10-2-4-12(5-3-10)17-7-6-16-9-11(8-13)14-15-16/h2-5,9H,6-8H2,1H3. The van der Waals surface area contributed by atoms with Crippen LogP contribution in [0.5, 0.6) is 5.75 Å². The molecule has 1 heterocycles. The summed E-state index contributed by atoms with van der Waals surface area (Å²) in [5.74, 6) is 0.886. The first kappa shape index (κ1) is 12.1. The van der Waals surface area contributed by atoms with Crippen LogP contribution < -0.4 is 4.74 Å². The lowest BCUT2D eigenvalue weighted by Crippen LogP contribution is -2.08. The van der Waals surface area contributed by atoms with Crippen molar-refractivity contribution in [1.29, 1.82) is 0 Å². The highest BCUT2D eigenvalue weighted by Gasteiger charge is 1.99. The van der Waals surface area contributed by atoms with E-state index in [4.69, 9.17) is 4.74 Å². The Balaban J connectivity index is 1.81. The third kappa shape index (κ3) is 3.56. The lowest BCUT2D eigenvalue weighted by molar-refractivity contribution is 0.289. The van der Waals surface area contributed by atoms with Crippen LogP contribution in [0.4, 0.5) is 0 Å². The average molecular weight is 296 g/mol. The summed E-state index contributed by atoms with van der Waals surface area (Å²) < 4.78 is 7.39. The van der Waals surface area contributed by atoms with E-state index in [9.17, 15) is 0 Å². The summed E-state index contributed by atoms with van der Waals surface area (Å²) in [7, 11) is 0. The molecule has 17 heavy (non-hydrogen) atoms. The zero-order valence-corrected chi connectivity index (χ0v) is 11.2. The molecule has 1 aromatic carbocycles. The van der Waals surface area contributed by atoms with Gasteiger partial charge in [0.25, 0.3) is 0 Å². The van der Waals surface area contributed by atoms with E-state index in [1.807, 2.05) is 30.5 Å². The summed E-state index contributed by atoms with van der Waals surface area (Å²) in [4.78, 5) is 0. The summed E-state index contributed by atoms with van der Waals surface area (Å²) in [5, 5.41) is 8.70. The number of aryl methyl sites for hydroxylation is 1. The molecule has 0 spiro atoms. The smallest absolute Gasteiger partial charge is 0.119 e. The van der Waals surface area contributed by atoms with Gasteiger partial charge < -0.3 is 4.74 Å². The number of halogens is 1. The summed E-state index contributed by atoms with van der Waals surface area (Å²) in [6, 6.07) is 8.02. The van der Waals surface area contributed by atoms with Crippen molar-refractivity contribution in [2.24, 2.45) is 0 Å². The van der Waals surface area contributed by atoms with Crippen molar-refractivity contribution in [3.63, 3.8) is 0 Å². The maximum absolute atomic E-state index is 5.61. The predicted octanol–water partition coefficient (Wildman–Crippen LogP) is 2.56. The lowest BCUT2D eigenvalue weighted by Gasteiger charge is -2.05. The number of hydrogen-bond donors (Lipinski definition) is 0. The number of aromatic nitrogens is 3. The maximum Gasteiger partial charge on any atom is 0.119 e. The fraction of sp³-hybridized carbons (Fsp3) is 0.333. The third-order valence-corrected chi connectivity index (χ3v) is 2.91. The Bertz CT molecular complexity index is 467. The van der Waals surface area contributed by atoms with Crippen molar-refractivity contribution < 1.29 is 4.74 Å². The Morgan fingerprint density at radius 3 is 2.71 bits per heavy atom. The minimum atomic E-state index is 0.591. The van der Waals surface area contributed by atoms with E-state index in [-0.39, 0.29) is 0 Å². The molecule has 0 aliphatic rings. The second kappa shape index (κ2) is 5.82. The van der Waals surface area contributed by atoms with Crippen molar-refractivity contribution in [1.82, 2.24) is 15.0 Å². The minimum Gasteiger partial charge on any atom is -0.492 e. The molecule has 0 fully saturated rings. The van der Waals surface area contributed by atoms with E-state index in [1.165, 1.54) is 5.56 Å². The van der Waals surface area contributed by atoms with Crippen LogP contribution >= 0.6 is 15.9 Å². The number of ether oxygens (including phenoxy) is 1. The molecule has 0 saturated heterocycles. The normalized spacial score (nSPS) is 10.5. The quantitative estimate of drug-likeness (QED) is 0.796. The van der Waals surface area contributed by atoms with E-state index in [0.717, 1.165) is 16.8 Å². The molecule has 0 unspecified atom stereocenters. The van der Waals surface area contributed by atoms with Gasteiger partial charge in [-0.1, -0.05) is 38.8 Å². The van der Waals surface area contributed by atoms with E-state index in [2.05, 4.69) is 33.2 Å². The van der Waals surface area contributed by atoms with Gasteiger partial charge in [0, 0.05) is 11.5 Å². The molecule has 5 heteroatoms. The molecular formula is C12H14BrN3O. The molecule has 0 radical (unpaired) electrons. The molecule has 2 aromatic rings. The fourth-order valence-electron chi connectivity index (χ4n) is 1.40. The molecule has 0 bridgehead atoms. The predicted molar refractivity (Wildman–Crippen MR) is 69.3 cm³/mol. The molecular weight excluding hydrogens is 282 g/mol. The van der Waals surface area contributed by atoms with Crippen LogP contribution in [0.2, 0.25) is 0 Å². The first-order valence-corrected chi connectivity index (χ1v) is 6.54. The molecule has 0 N–H and O–H groups in total. The van der Waals surface area contributed by atoms with E-state index in [0.29, 0.717) is 13.2 Å². The Morgan fingerprint density at radius 1 is 1.29 bits per heavy atom. The van der Waals surface area contributed by atoms with Gasteiger partial charge in [-0.15, -0.1) is 5.10 Å². The first-order valence-electron chi connectivity index (χ1n) is 5.42. The second-order valence-electron chi connectivity index (χ2n) is 3.77. The molecule has 0 saturated carbocycles. The van der Waals surface area contributed by atoms with Gasteiger partial charge in [0.15, 0.2) is 0 Å². The van der Waals surface area contributed by atoms with Gasteiger partial charge in [0.05, 0.1) is 12.2 Å². The van der Waals surface area contributed by atoms with Crippen molar-refractivity contribution in [2.45, 2.75) is 18.8 Å². The molecule has 4 nitrogen and oxygen atoms in total. The van der Waals surface area contributed by atoms with Crippen LogP contribution in [-0.4, -0.2) is 21.6 Å². The summed E-state index contributed by atoms with van der Waals surface area (Å²) >= 11 is 3.34. The van der Waals surface area contributed by atoms with E-state index < -0.39 is 0 Å². The fourth-order valence-corrected chi connectivity index (χ4v) is 1.66. The Hall–Kier alpha value is -1.36. The second-order valence-corrected chi connectivity index (χ2v) is 4.33. The van der Waals surface area contributed by atoms with Crippen LogP contribution in [0.15, 0.2) is 30.5 Å². The number of benzene rings is 1. The van der Waals surface area contributed by atoms with Crippen LogP contribution in [0.1, 0.15) is 11.3 Å². The summed E-state index contributed by atoms with van der Waals surface area (Å²) in [5.41, 5.74) is 2.16. The van der Waals surface area contributed by atoms with Gasteiger partial charge in [0.1, 0.15) is 12.4 Å². The number of nitrogens with zero attached hydrogens (tertiary/aromatic N) is 3. The van der Waals surface area contributed by atoms with E-state index >= 15 is 0 Å². The van der Waals surface area contributed by atoms with Gasteiger partial charge in [-0.3, -0.25) is 0 Å². The van der Waals surface area contributed by atoms with E-state index in [1.54, 1.807) is 4.68 Å². The largest absolute Gasteiger partial charge is 0.492 e. The van der Waals surface area contributed by atoms with Gasteiger partial charge in [-0.25, -0.2) is 4.68 Å². The first-order chi connectivity index (χ1) is 8.28. The average Bonchev–Trinajstić information content (AvgIpc) is 2.80. The third-order valence-electron chi connectivity index (χ3n) is 2.33. The van der Waals surface area contributed by atoms with Crippen molar-refractivity contribution in [2.75, 3.05) is 6.61 Å². The van der Waals surface area contributed by atoms with Gasteiger partial charge in [-0.2, -0.15) is 0 Å². The molecule has 0 amide bonds. The number of rotatable bonds is 5. The monoisotopic (exact) mass is 295 g/mol. The van der Waals surface area contributed by atoms with Crippen molar-refractivity contribution in [3.05, 3.63) is 41.7 Å². The van der Waals surface area contributed by atoms with Crippen LogP contribution in [0.25, 0.3) is 0 Å². The Morgan fingerprint density at radius 2 is 2.06 bits per heavy atom. The number of hydrogen-bond acceptors (Lipinski definition) is 3. The summed E-state index contributed by atoms with van der Waals surface area (Å²) in [6.07, 6.45) is 1.91. The lowest BCUT2D eigenvalue weighted by atomic mass is 10.2. The van der Waals surface area contributed by atoms with Gasteiger partial charge in [0.2, 0.25) is 0 Å². The highest BCUT2D eigenvalue weighted by molar-refractivity contribution is 9.08. The van der Waals surface area contributed by atoms with Gasteiger partial charge in [-0.05, 0) is 19.1 Å². The van der Waals surface area contributed by atoms with Crippen LogP contribution in [-0.2, 0) is 11.9 Å². The zero-order valence-electron chi connectivity index (χ0n) is 9.64. The summed E-state index contributed by atoms with van der Waals surface area (Å²) in [6.45, 7) is 3.35. The number of alkyl halides is 1. The van der Waals surface area contributed by atoms with Crippen LogP contribution in [0.3, 0.4) is 0 Å².